The quantitative estimate of drug-likeness (QED) is 0.443. The predicted octanol–water partition coefficient (Wildman–Crippen LogP) is 5.01. The van der Waals surface area contributed by atoms with Crippen molar-refractivity contribution in [2.24, 2.45) is 0 Å². The largest absolute Gasteiger partial charge is 0.488 e. The van der Waals surface area contributed by atoms with Gasteiger partial charge in [-0.2, -0.15) is 0 Å². The summed E-state index contributed by atoms with van der Waals surface area (Å²) in [5, 5.41) is 3.34. The molecule has 0 spiro atoms. The Labute approximate surface area is 194 Å². The van der Waals surface area contributed by atoms with E-state index in [-0.39, 0.29) is 24.2 Å². The molecule has 6 rings (SSSR count). The molecule has 2 aliphatic heterocycles. The molecule has 34 heavy (non-hydrogen) atoms. The zero-order chi connectivity index (χ0) is 23.2. The Kier molecular flexibility index (Phi) is 5.07. The van der Waals surface area contributed by atoms with Crippen LogP contribution in [-0.4, -0.2) is 22.6 Å². The number of imidazole rings is 1. The molecule has 1 fully saturated rings. The van der Waals surface area contributed by atoms with E-state index in [1.165, 1.54) is 24.3 Å². The molecule has 1 saturated heterocycles. The molecule has 2 N–H and O–H groups in total. The predicted molar refractivity (Wildman–Crippen MR) is 128 cm³/mol. The lowest BCUT2D eigenvalue weighted by atomic mass is 9.92. The van der Waals surface area contributed by atoms with Crippen molar-refractivity contribution in [2.75, 3.05) is 13.1 Å². The van der Waals surface area contributed by atoms with Gasteiger partial charge in [0.2, 0.25) is 0 Å². The van der Waals surface area contributed by atoms with Gasteiger partial charge in [0.25, 0.3) is 0 Å². The number of ether oxygens (including phenoxy) is 1. The second-order valence-corrected chi connectivity index (χ2v) is 8.85. The van der Waals surface area contributed by atoms with Crippen molar-refractivity contribution in [1.29, 1.82) is 0 Å². The highest BCUT2D eigenvalue weighted by molar-refractivity contribution is 5.95. The molecular weight excluding hydrogens is 436 g/mol. The highest BCUT2D eigenvalue weighted by Crippen LogP contribution is 2.38. The molecule has 5 nitrogen and oxygen atoms in total. The number of H-pyrrole nitrogens is 1. The molecule has 172 valence electrons. The number of fused-ring (bicyclic) bond motifs is 3. The van der Waals surface area contributed by atoms with Crippen molar-refractivity contribution < 1.29 is 13.5 Å². The number of halogens is 2. The number of nitrogens with one attached hydrogen (secondary N) is 2. The molecule has 0 radical (unpaired) electrons. The second-order valence-electron chi connectivity index (χ2n) is 8.85. The summed E-state index contributed by atoms with van der Waals surface area (Å²) in [7, 11) is 0. The summed E-state index contributed by atoms with van der Waals surface area (Å²) >= 11 is 0. The summed E-state index contributed by atoms with van der Waals surface area (Å²) in [5.41, 5.74) is 5.47. The molecule has 0 aliphatic carbocycles. The molecule has 0 saturated carbocycles. The Morgan fingerprint density at radius 3 is 2.53 bits per heavy atom. The van der Waals surface area contributed by atoms with E-state index in [4.69, 9.17) is 4.74 Å². The van der Waals surface area contributed by atoms with Crippen LogP contribution in [-0.2, 0) is 6.61 Å². The Morgan fingerprint density at radius 2 is 1.71 bits per heavy atom. The maximum Gasteiger partial charge on any atom is 0.326 e. The average molecular weight is 459 g/mol. The molecule has 2 aliphatic rings. The minimum atomic E-state index is -0.395. The summed E-state index contributed by atoms with van der Waals surface area (Å²) in [5.74, 6) is -0.333. The lowest BCUT2D eigenvalue weighted by Gasteiger charge is -2.23. The third-order valence-corrected chi connectivity index (χ3v) is 6.70. The molecule has 7 heteroatoms. The van der Waals surface area contributed by atoms with Gasteiger partial charge in [-0.15, -0.1) is 0 Å². The van der Waals surface area contributed by atoms with Crippen LogP contribution in [0.25, 0.3) is 22.7 Å². The van der Waals surface area contributed by atoms with E-state index in [1.807, 2.05) is 28.8 Å². The normalized spacial score (nSPS) is 17.3. The first-order chi connectivity index (χ1) is 16.6. The van der Waals surface area contributed by atoms with E-state index in [9.17, 15) is 13.6 Å². The Hall–Kier alpha value is -3.71. The van der Waals surface area contributed by atoms with Crippen molar-refractivity contribution in [3.8, 4) is 5.75 Å². The number of benzene rings is 3. The number of hydrogen-bond acceptors (Lipinski definition) is 3. The summed E-state index contributed by atoms with van der Waals surface area (Å²) in [6, 6.07) is 15.1. The van der Waals surface area contributed by atoms with Crippen molar-refractivity contribution in [3.63, 3.8) is 0 Å². The first-order valence-electron chi connectivity index (χ1n) is 11.4. The average Bonchev–Trinajstić information content (AvgIpc) is 3.09. The monoisotopic (exact) mass is 459 g/mol. The van der Waals surface area contributed by atoms with Gasteiger partial charge in [0.1, 0.15) is 24.0 Å². The maximum atomic E-state index is 14.0. The Balaban J connectivity index is 1.49. The van der Waals surface area contributed by atoms with E-state index in [0.29, 0.717) is 11.3 Å². The van der Waals surface area contributed by atoms with Crippen LogP contribution in [0.1, 0.15) is 41.1 Å². The van der Waals surface area contributed by atoms with Crippen LogP contribution in [0.4, 0.5) is 8.78 Å². The van der Waals surface area contributed by atoms with Gasteiger partial charge in [-0.1, -0.05) is 12.1 Å². The van der Waals surface area contributed by atoms with Crippen molar-refractivity contribution in [2.45, 2.75) is 25.5 Å². The highest BCUT2D eigenvalue weighted by Gasteiger charge is 2.22. The van der Waals surface area contributed by atoms with Crippen LogP contribution in [0.15, 0.2) is 59.4 Å². The Bertz CT molecular complexity index is 1440. The second kappa shape index (κ2) is 8.25. The molecule has 3 heterocycles. The van der Waals surface area contributed by atoms with E-state index >= 15 is 0 Å². The number of nitrogens with zero attached hydrogens (tertiary/aromatic N) is 1. The number of aromatic amines is 1. The van der Waals surface area contributed by atoms with Gasteiger partial charge in [-0.05, 0) is 85.1 Å². The SMILES string of the molecule is O=c1[nH]c2cc(C=C3c4ccc(F)cc4COc4cc(F)ccc43)ccc2n1C1CCNCC1. The van der Waals surface area contributed by atoms with Crippen LogP contribution in [0.3, 0.4) is 0 Å². The van der Waals surface area contributed by atoms with Gasteiger partial charge in [0.05, 0.1) is 11.0 Å². The first-order valence-corrected chi connectivity index (χ1v) is 11.4. The van der Waals surface area contributed by atoms with E-state index < -0.39 is 5.82 Å². The fourth-order valence-corrected chi connectivity index (χ4v) is 5.07. The van der Waals surface area contributed by atoms with E-state index in [0.717, 1.165) is 59.2 Å². The van der Waals surface area contributed by atoms with Crippen molar-refractivity contribution in [3.05, 3.63) is 99.0 Å². The lowest BCUT2D eigenvalue weighted by molar-refractivity contribution is 0.305. The molecule has 0 amide bonds. The fourth-order valence-electron chi connectivity index (χ4n) is 5.07. The smallest absolute Gasteiger partial charge is 0.326 e. The minimum absolute atomic E-state index is 0.101. The van der Waals surface area contributed by atoms with Gasteiger partial charge in [-0.25, -0.2) is 13.6 Å². The maximum absolute atomic E-state index is 14.0. The number of aromatic nitrogens is 2. The zero-order valence-corrected chi connectivity index (χ0v) is 18.4. The fraction of sp³-hybridized carbons (Fsp3) is 0.222. The van der Waals surface area contributed by atoms with Crippen LogP contribution < -0.4 is 15.7 Å². The standard InChI is InChI=1S/C27H23F2N3O2/c28-18-2-4-21-17(13-18)15-34-26-14-19(29)3-5-22(26)23(21)11-16-1-6-25-24(12-16)31-27(33)32(25)20-7-9-30-10-8-20/h1-6,11-14,20,30H,7-10,15H2,(H,31,33). The molecular formula is C27H23F2N3O2. The first kappa shape index (κ1) is 20.9. The van der Waals surface area contributed by atoms with Gasteiger partial charge < -0.3 is 15.0 Å². The lowest BCUT2D eigenvalue weighted by Crippen LogP contribution is -2.33. The summed E-state index contributed by atoms with van der Waals surface area (Å²) in [6.45, 7) is 1.94. The van der Waals surface area contributed by atoms with Gasteiger partial charge in [0, 0.05) is 23.2 Å². The number of hydrogen-bond donors (Lipinski definition) is 2. The molecule has 0 bridgehead atoms. The highest BCUT2D eigenvalue weighted by atomic mass is 19.1. The van der Waals surface area contributed by atoms with Gasteiger partial charge >= 0.3 is 5.69 Å². The molecule has 1 aromatic heterocycles. The van der Waals surface area contributed by atoms with Gasteiger partial charge in [-0.3, -0.25) is 4.57 Å². The molecule has 0 unspecified atom stereocenters. The van der Waals surface area contributed by atoms with E-state index in [2.05, 4.69) is 10.3 Å². The minimum Gasteiger partial charge on any atom is -0.488 e. The number of piperidine rings is 1. The van der Waals surface area contributed by atoms with Crippen LogP contribution in [0, 0.1) is 11.6 Å². The Morgan fingerprint density at radius 1 is 0.941 bits per heavy atom. The molecule has 4 aromatic rings. The molecule has 3 aromatic carbocycles. The summed E-state index contributed by atoms with van der Waals surface area (Å²) in [6.07, 6.45) is 3.81. The van der Waals surface area contributed by atoms with Crippen molar-refractivity contribution in [1.82, 2.24) is 14.9 Å². The van der Waals surface area contributed by atoms with Crippen LogP contribution >= 0.6 is 0 Å². The summed E-state index contributed by atoms with van der Waals surface area (Å²) < 4.78 is 35.6. The zero-order valence-electron chi connectivity index (χ0n) is 18.4. The van der Waals surface area contributed by atoms with Crippen LogP contribution in [0.5, 0.6) is 5.75 Å². The third kappa shape index (κ3) is 3.62. The number of rotatable bonds is 2. The molecule has 0 atom stereocenters. The summed E-state index contributed by atoms with van der Waals surface area (Å²) in [4.78, 5) is 15.8. The van der Waals surface area contributed by atoms with E-state index in [1.54, 1.807) is 12.1 Å². The third-order valence-electron chi connectivity index (χ3n) is 6.70. The van der Waals surface area contributed by atoms with Crippen molar-refractivity contribution >= 4 is 22.7 Å². The topological polar surface area (TPSA) is 59.1 Å². The van der Waals surface area contributed by atoms with Gasteiger partial charge in [0.15, 0.2) is 0 Å². The van der Waals surface area contributed by atoms with Crippen LogP contribution in [0.2, 0.25) is 0 Å².